The van der Waals surface area contributed by atoms with Gasteiger partial charge in [-0.3, -0.25) is 0 Å². The van der Waals surface area contributed by atoms with E-state index >= 15 is 0 Å². The second-order valence-corrected chi connectivity index (χ2v) is 5.58. The number of nitrogens with two attached hydrogens (primary N) is 1. The molecule has 1 aliphatic rings. The number of nitrogens with one attached hydrogen (secondary N) is 1. The molecule has 2 aromatic heterocycles. The van der Waals surface area contributed by atoms with Gasteiger partial charge in [-0.05, 0) is 30.5 Å². The SMILES string of the molecule is CNc1ccc(-c2cn(C3CC3)c3ncnc(N)c23)cc1F. The van der Waals surface area contributed by atoms with Crippen LogP contribution in [0.4, 0.5) is 15.9 Å². The van der Waals surface area contributed by atoms with Gasteiger partial charge in [0, 0.05) is 24.8 Å². The second-order valence-electron chi connectivity index (χ2n) is 5.58. The van der Waals surface area contributed by atoms with Crippen LogP contribution < -0.4 is 11.1 Å². The van der Waals surface area contributed by atoms with Gasteiger partial charge in [-0.1, -0.05) is 6.07 Å². The van der Waals surface area contributed by atoms with Gasteiger partial charge in [-0.2, -0.15) is 0 Å². The van der Waals surface area contributed by atoms with Gasteiger partial charge in [0.25, 0.3) is 0 Å². The molecule has 5 nitrogen and oxygen atoms in total. The third kappa shape index (κ3) is 1.91. The molecular formula is C16H16FN5. The van der Waals surface area contributed by atoms with Crippen molar-refractivity contribution >= 4 is 22.5 Å². The third-order valence-electron chi connectivity index (χ3n) is 4.13. The minimum absolute atomic E-state index is 0.289. The number of halogens is 1. The van der Waals surface area contributed by atoms with E-state index < -0.39 is 0 Å². The minimum atomic E-state index is -0.289. The van der Waals surface area contributed by atoms with Crippen molar-refractivity contribution in [1.29, 1.82) is 0 Å². The highest BCUT2D eigenvalue weighted by atomic mass is 19.1. The topological polar surface area (TPSA) is 68.8 Å². The molecule has 6 heteroatoms. The van der Waals surface area contributed by atoms with Crippen molar-refractivity contribution in [3.05, 3.63) is 36.5 Å². The van der Waals surface area contributed by atoms with Crippen molar-refractivity contribution in [2.75, 3.05) is 18.1 Å². The summed E-state index contributed by atoms with van der Waals surface area (Å²) in [7, 11) is 1.70. The molecule has 0 unspecified atom stereocenters. The van der Waals surface area contributed by atoms with Crippen LogP contribution in [0.25, 0.3) is 22.2 Å². The normalized spacial score (nSPS) is 14.5. The first-order chi connectivity index (χ1) is 10.7. The average molecular weight is 297 g/mol. The number of hydrogen-bond acceptors (Lipinski definition) is 4. The lowest BCUT2D eigenvalue weighted by Crippen LogP contribution is -1.96. The first-order valence-corrected chi connectivity index (χ1v) is 7.27. The maximum Gasteiger partial charge on any atom is 0.146 e. The Bertz CT molecular complexity index is 866. The number of anilines is 2. The highest BCUT2D eigenvalue weighted by Crippen LogP contribution is 2.42. The van der Waals surface area contributed by atoms with Crippen LogP contribution in [-0.4, -0.2) is 21.6 Å². The summed E-state index contributed by atoms with van der Waals surface area (Å²) in [5.41, 5.74) is 9.00. The molecule has 3 aromatic rings. The summed E-state index contributed by atoms with van der Waals surface area (Å²) in [5.74, 6) is 0.139. The smallest absolute Gasteiger partial charge is 0.146 e. The number of nitrogen functional groups attached to an aromatic ring is 1. The Morgan fingerprint density at radius 3 is 2.82 bits per heavy atom. The standard InChI is InChI=1S/C16H16FN5/c1-19-13-5-2-9(6-12(13)17)11-7-22(10-3-4-10)16-14(11)15(18)20-8-21-16/h2,5-8,10,19H,3-4H2,1H3,(H2,18,20,21). The summed E-state index contributed by atoms with van der Waals surface area (Å²) in [6.07, 6.45) is 5.77. The molecule has 4 rings (SSSR count). The van der Waals surface area contributed by atoms with Gasteiger partial charge in [-0.15, -0.1) is 0 Å². The van der Waals surface area contributed by atoms with E-state index in [9.17, 15) is 4.39 Å². The maximum atomic E-state index is 14.1. The minimum Gasteiger partial charge on any atom is -0.386 e. The lowest BCUT2D eigenvalue weighted by atomic mass is 10.1. The fraction of sp³-hybridized carbons (Fsp3) is 0.250. The van der Waals surface area contributed by atoms with E-state index in [2.05, 4.69) is 19.9 Å². The van der Waals surface area contributed by atoms with Crippen LogP contribution in [-0.2, 0) is 0 Å². The summed E-state index contributed by atoms with van der Waals surface area (Å²) in [6, 6.07) is 5.59. The molecule has 0 saturated heterocycles. The van der Waals surface area contributed by atoms with Crippen LogP contribution >= 0.6 is 0 Å². The van der Waals surface area contributed by atoms with Crippen molar-refractivity contribution in [2.24, 2.45) is 0 Å². The first-order valence-electron chi connectivity index (χ1n) is 7.27. The van der Waals surface area contributed by atoms with Gasteiger partial charge in [0.1, 0.15) is 23.6 Å². The second kappa shape index (κ2) is 4.69. The van der Waals surface area contributed by atoms with Gasteiger partial charge >= 0.3 is 0 Å². The van der Waals surface area contributed by atoms with E-state index in [1.165, 1.54) is 12.4 Å². The van der Waals surface area contributed by atoms with E-state index in [4.69, 9.17) is 5.73 Å². The maximum absolute atomic E-state index is 14.1. The quantitative estimate of drug-likeness (QED) is 0.779. The van der Waals surface area contributed by atoms with E-state index in [1.807, 2.05) is 12.3 Å². The Kier molecular flexibility index (Phi) is 2.79. The number of hydrogen-bond donors (Lipinski definition) is 2. The fourth-order valence-corrected chi connectivity index (χ4v) is 2.84. The first kappa shape index (κ1) is 13.1. The average Bonchev–Trinajstić information content (AvgIpc) is 3.28. The Morgan fingerprint density at radius 1 is 1.32 bits per heavy atom. The van der Waals surface area contributed by atoms with Gasteiger partial charge < -0.3 is 15.6 Å². The summed E-state index contributed by atoms with van der Waals surface area (Å²) >= 11 is 0. The molecule has 2 heterocycles. The molecule has 22 heavy (non-hydrogen) atoms. The zero-order valence-corrected chi connectivity index (χ0v) is 12.2. The molecule has 3 N–H and O–H groups in total. The number of fused-ring (bicyclic) bond motifs is 1. The molecule has 0 spiro atoms. The van der Waals surface area contributed by atoms with Crippen LogP contribution in [0.1, 0.15) is 18.9 Å². The number of rotatable bonds is 3. The Morgan fingerprint density at radius 2 is 2.14 bits per heavy atom. The van der Waals surface area contributed by atoms with Crippen molar-refractivity contribution in [1.82, 2.24) is 14.5 Å². The highest BCUT2D eigenvalue weighted by Gasteiger charge is 2.27. The zero-order chi connectivity index (χ0) is 15.3. The van der Waals surface area contributed by atoms with Crippen molar-refractivity contribution in [3.63, 3.8) is 0 Å². The van der Waals surface area contributed by atoms with Gasteiger partial charge in [0.05, 0.1) is 11.1 Å². The molecule has 0 atom stereocenters. The predicted octanol–water partition coefficient (Wildman–Crippen LogP) is 3.20. The zero-order valence-electron chi connectivity index (χ0n) is 12.2. The Balaban J connectivity index is 1.96. The van der Waals surface area contributed by atoms with Gasteiger partial charge in [0.2, 0.25) is 0 Å². The third-order valence-corrected chi connectivity index (χ3v) is 4.13. The summed E-state index contributed by atoms with van der Waals surface area (Å²) in [4.78, 5) is 8.46. The predicted molar refractivity (Wildman–Crippen MR) is 85.2 cm³/mol. The van der Waals surface area contributed by atoms with Crippen molar-refractivity contribution in [2.45, 2.75) is 18.9 Å². The van der Waals surface area contributed by atoms with Crippen LogP contribution in [0, 0.1) is 5.82 Å². The number of nitrogens with zero attached hydrogens (tertiary/aromatic N) is 3. The van der Waals surface area contributed by atoms with Crippen molar-refractivity contribution < 1.29 is 4.39 Å². The molecule has 0 bridgehead atoms. The number of benzene rings is 1. The van der Waals surface area contributed by atoms with E-state index in [0.717, 1.165) is 35.0 Å². The van der Waals surface area contributed by atoms with E-state index in [-0.39, 0.29) is 5.82 Å². The van der Waals surface area contributed by atoms with E-state index in [0.29, 0.717) is 17.5 Å². The molecule has 0 amide bonds. The van der Waals surface area contributed by atoms with Crippen LogP contribution in [0.3, 0.4) is 0 Å². The van der Waals surface area contributed by atoms with Crippen LogP contribution in [0.5, 0.6) is 0 Å². The highest BCUT2D eigenvalue weighted by molar-refractivity contribution is 6.00. The summed E-state index contributed by atoms with van der Waals surface area (Å²) in [6.45, 7) is 0. The van der Waals surface area contributed by atoms with Crippen LogP contribution in [0.15, 0.2) is 30.7 Å². The van der Waals surface area contributed by atoms with Gasteiger partial charge in [0.15, 0.2) is 0 Å². The largest absolute Gasteiger partial charge is 0.386 e. The fourth-order valence-electron chi connectivity index (χ4n) is 2.84. The molecule has 1 aliphatic carbocycles. The molecule has 0 radical (unpaired) electrons. The molecule has 1 aromatic carbocycles. The van der Waals surface area contributed by atoms with Crippen molar-refractivity contribution in [3.8, 4) is 11.1 Å². The molecule has 112 valence electrons. The van der Waals surface area contributed by atoms with Crippen LogP contribution in [0.2, 0.25) is 0 Å². The molecule has 1 fully saturated rings. The Labute approximate surface area is 127 Å². The summed E-state index contributed by atoms with van der Waals surface area (Å²) < 4.78 is 16.2. The Hall–Kier alpha value is -2.63. The lowest BCUT2D eigenvalue weighted by Gasteiger charge is -2.05. The molecule has 0 aliphatic heterocycles. The lowest BCUT2D eigenvalue weighted by molar-refractivity contribution is 0.632. The summed E-state index contributed by atoms with van der Waals surface area (Å²) in [5, 5.41) is 3.62. The van der Waals surface area contributed by atoms with Gasteiger partial charge in [-0.25, -0.2) is 14.4 Å². The molecular weight excluding hydrogens is 281 g/mol. The van der Waals surface area contributed by atoms with E-state index in [1.54, 1.807) is 13.1 Å². The number of aromatic nitrogens is 3. The monoisotopic (exact) mass is 297 g/mol. The molecule has 1 saturated carbocycles.